The van der Waals surface area contributed by atoms with E-state index in [1.807, 2.05) is 0 Å². The lowest BCUT2D eigenvalue weighted by molar-refractivity contribution is -0.184. The van der Waals surface area contributed by atoms with Crippen LogP contribution in [0.5, 0.6) is 0 Å². The van der Waals surface area contributed by atoms with Gasteiger partial charge < -0.3 is 31.3 Å². The molecule has 0 heterocycles. The van der Waals surface area contributed by atoms with E-state index in [1.165, 1.54) is 0 Å². The van der Waals surface area contributed by atoms with Gasteiger partial charge >= 0.3 is 0 Å². The van der Waals surface area contributed by atoms with Gasteiger partial charge in [0, 0.05) is 0 Å². The van der Waals surface area contributed by atoms with Gasteiger partial charge in [0.1, 0.15) is 30.5 Å². The van der Waals surface area contributed by atoms with Crippen LogP contribution in [0.2, 0.25) is 0 Å². The summed E-state index contributed by atoms with van der Waals surface area (Å²) < 4.78 is 0. The van der Waals surface area contributed by atoms with Gasteiger partial charge in [0.05, 0.1) is 6.04 Å². The van der Waals surface area contributed by atoms with E-state index in [1.54, 1.807) is 0 Å². The lowest BCUT2D eigenvalue weighted by Crippen LogP contribution is -2.66. The van der Waals surface area contributed by atoms with Gasteiger partial charge in [-0.15, -0.1) is 0 Å². The molecule has 7 N–H and O–H groups in total. The molecule has 1 aliphatic rings. The van der Waals surface area contributed by atoms with Crippen LogP contribution >= 0.6 is 0 Å². The van der Waals surface area contributed by atoms with Crippen molar-refractivity contribution in [1.82, 2.24) is 0 Å². The monoisotopic (exact) mass is 179 g/mol. The molecule has 72 valence electrons. The first-order chi connectivity index (χ1) is 5.46. The van der Waals surface area contributed by atoms with Gasteiger partial charge in [0.15, 0.2) is 0 Å². The summed E-state index contributed by atoms with van der Waals surface area (Å²) in [6.45, 7) is 0. The van der Waals surface area contributed by atoms with Crippen LogP contribution in [0.4, 0.5) is 0 Å². The highest BCUT2D eigenvalue weighted by Crippen LogP contribution is 2.19. The third-order valence-electron chi connectivity index (χ3n) is 2.19. The first kappa shape index (κ1) is 9.85. The van der Waals surface area contributed by atoms with E-state index >= 15 is 0 Å². The van der Waals surface area contributed by atoms with Gasteiger partial charge in [-0.2, -0.15) is 0 Å². The fourth-order valence-electron chi connectivity index (χ4n) is 1.26. The SMILES string of the molecule is N[C@@H]1[C@H](O)[C@H](O)[C@@H](O)[C@H](O)[C@H]1O. The number of hydrogen-bond acceptors (Lipinski definition) is 6. The van der Waals surface area contributed by atoms with Crippen LogP contribution in [-0.4, -0.2) is 62.1 Å². The van der Waals surface area contributed by atoms with Crippen LogP contribution in [0.15, 0.2) is 0 Å². The summed E-state index contributed by atoms with van der Waals surface area (Å²) in [7, 11) is 0. The Bertz CT molecular complexity index is 107. The molecule has 6 heteroatoms. The molecule has 0 aromatic rings. The Morgan fingerprint density at radius 2 is 0.833 bits per heavy atom. The van der Waals surface area contributed by atoms with Crippen LogP contribution in [0, 0.1) is 0 Å². The number of aliphatic hydroxyl groups is 5. The Morgan fingerprint density at radius 1 is 0.583 bits per heavy atom. The third-order valence-corrected chi connectivity index (χ3v) is 2.19. The molecule has 0 aromatic heterocycles. The molecule has 1 aliphatic carbocycles. The van der Waals surface area contributed by atoms with E-state index in [9.17, 15) is 0 Å². The molecule has 0 radical (unpaired) electrons. The average molecular weight is 179 g/mol. The summed E-state index contributed by atoms with van der Waals surface area (Å²) in [4.78, 5) is 0. The topological polar surface area (TPSA) is 127 Å². The molecular formula is C6H13NO5. The van der Waals surface area contributed by atoms with Crippen molar-refractivity contribution in [3.63, 3.8) is 0 Å². The first-order valence-electron chi connectivity index (χ1n) is 3.62. The Hall–Kier alpha value is -0.240. The van der Waals surface area contributed by atoms with Crippen molar-refractivity contribution in [2.24, 2.45) is 5.73 Å². The van der Waals surface area contributed by atoms with Crippen LogP contribution in [0.1, 0.15) is 0 Å². The molecule has 6 atom stereocenters. The fourth-order valence-corrected chi connectivity index (χ4v) is 1.26. The van der Waals surface area contributed by atoms with E-state index in [0.29, 0.717) is 0 Å². The highest BCUT2D eigenvalue weighted by atomic mass is 16.4. The van der Waals surface area contributed by atoms with E-state index in [2.05, 4.69) is 0 Å². The second kappa shape index (κ2) is 3.25. The molecule has 0 spiro atoms. The van der Waals surface area contributed by atoms with Gasteiger partial charge in [0.2, 0.25) is 0 Å². The predicted molar refractivity (Wildman–Crippen MR) is 38.0 cm³/mol. The molecule has 6 nitrogen and oxygen atoms in total. The van der Waals surface area contributed by atoms with E-state index in [0.717, 1.165) is 0 Å². The fraction of sp³-hybridized carbons (Fsp3) is 1.00. The highest BCUT2D eigenvalue weighted by Gasteiger charge is 2.46. The second-order valence-corrected chi connectivity index (χ2v) is 3.03. The maximum Gasteiger partial charge on any atom is 0.111 e. The van der Waals surface area contributed by atoms with Crippen molar-refractivity contribution in [2.45, 2.75) is 36.6 Å². The van der Waals surface area contributed by atoms with Crippen LogP contribution in [-0.2, 0) is 0 Å². The molecule has 1 saturated carbocycles. The minimum absolute atomic E-state index is 1.14. The quantitative estimate of drug-likeness (QED) is 0.226. The molecule has 1 fully saturated rings. The maximum atomic E-state index is 9.10. The second-order valence-electron chi connectivity index (χ2n) is 3.03. The largest absolute Gasteiger partial charge is 0.389 e. The van der Waals surface area contributed by atoms with Crippen molar-refractivity contribution in [2.75, 3.05) is 0 Å². The van der Waals surface area contributed by atoms with E-state index in [4.69, 9.17) is 31.3 Å². The summed E-state index contributed by atoms with van der Waals surface area (Å²) in [5.41, 5.74) is 5.23. The predicted octanol–water partition coefficient (Wildman–Crippen LogP) is -3.87. The molecule has 0 amide bonds. The molecule has 0 saturated heterocycles. The summed E-state index contributed by atoms with van der Waals surface area (Å²) in [5, 5.41) is 45.3. The maximum absolute atomic E-state index is 9.10. The molecule has 1 rings (SSSR count). The lowest BCUT2D eigenvalue weighted by atomic mass is 9.84. The first-order valence-corrected chi connectivity index (χ1v) is 3.62. The lowest BCUT2D eigenvalue weighted by Gasteiger charge is -2.40. The van der Waals surface area contributed by atoms with Gasteiger partial charge in [-0.05, 0) is 0 Å². The Balaban J connectivity index is 2.76. The highest BCUT2D eigenvalue weighted by molar-refractivity contribution is 5.00. The minimum Gasteiger partial charge on any atom is -0.389 e. The zero-order valence-corrected chi connectivity index (χ0v) is 6.28. The van der Waals surface area contributed by atoms with Gasteiger partial charge in [0.25, 0.3) is 0 Å². The molecule has 0 aromatic carbocycles. The number of aliphatic hydroxyl groups excluding tert-OH is 5. The third kappa shape index (κ3) is 1.33. The van der Waals surface area contributed by atoms with Crippen molar-refractivity contribution >= 4 is 0 Å². The summed E-state index contributed by atoms with van der Waals surface area (Å²) >= 11 is 0. The Morgan fingerprint density at radius 3 is 1.17 bits per heavy atom. The minimum atomic E-state index is -1.56. The van der Waals surface area contributed by atoms with Crippen LogP contribution in [0.3, 0.4) is 0 Å². The van der Waals surface area contributed by atoms with Gasteiger partial charge in [-0.3, -0.25) is 0 Å². The Labute approximate surface area is 68.9 Å². The van der Waals surface area contributed by atoms with Crippen molar-refractivity contribution < 1.29 is 25.5 Å². The van der Waals surface area contributed by atoms with Crippen molar-refractivity contribution in [3.05, 3.63) is 0 Å². The summed E-state index contributed by atoms with van der Waals surface area (Å²) in [6.07, 6.45) is -7.43. The molecule has 12 heavy (non-hydrogen) atoms. The number of nitrogens with two attached hydrogens (primary N) is 1. The molecule has 0 unspecified atom stereocenters. The van der Waals surface area contributed by atoms with Crippen molar-refractivity contribution in [3.8, 4) is 0 Å². The number of rotatable bonds is 0. The standard InChI is InChI=1S/C6H13NO5/c7-1-2(8)4(10)6(12)5(11)3(1)9/h1-6,8-12H,7H2/t1-,2-,3-,4+,5-,6-/m0/s1. The van der Waals surface area contributed by atoms with Gasteiger partial charge in [-0.1, -0.05) is 0 Å². The molecule has 0 aliphatic heterocycles. The number of hydrogen-bond donors (Lipinski definition) is 6. The smallest absolute Gasteiger partial charge is 0.111 e. The summed E-state index contributed by atoms with van der Waals surface area (Å²) in [5.74, 6) is 0. The van der Waals surface area contributed by atoms with Crippen LogP contribution < -0.4 is 5.73 Å². The van der Waals surface area contributed by atoms with Gasteiger partial charge in [-0.25, -0.2) is 0 Å². The molecular weight excluding hydrogens is 166 g/mol. The van der Waals surface area contributed by atoms with Crippen molar-refractivity contribution in [1.29, 1.82) is 0 Å². The van der Waals surface area contributed by atoms with E-state index in [-0.39, 0.29) is 0 Å². The average Bonchev–Trinajstić information content (AvgIpc) is 2.08. The van der Waals surface area contributed by atoms with Crippen LogP contribution in [0.25, 0.3) is 0 Å². The molecule has 0 bridgehead atoms. The Kier molecular flexibility index (Phi) is 2.67. The zero-order valence-electron chi connectivity index (χ0n) is 6.28. The normalized spacial score (nSPS) is 55.5. The van der Waals surface area contributed by atoms with E-state index < -0.39 is 36.6 Å². The summed E-state index contributed by atoms with van der Waals surface area (Å²) in [6, 6.07) is -1.14. The zero-order chi connectivity index (χ0) is 9.46.